The minimum Gasteiger partial charge on any atom is -0.364 e. The van der Waals surface area contributed by atoms with Crippen molar-refractivity contribution in [3.63, 3.8) is 0 Å². The molecule has 1 aromatic heterocycles. The molecule has 3 rings (SSSR count). The number of hydrogen-bond donors (Lipinski definition) is 2. The van der Waals surface area contributed by atoms with E-state index in [9.17, 15) is 9.59 Å². The summed E-state index contributed by atoms with van der Waals surface area (Å²) in [5, 5.41) is 9.19. The predicted molar refractivity (Wildman–Crippen MR) is 94.4 cm³/mol. The number of amides is 2. The normalized spacial score (nSPS) is 15.4. The lowest BCUT2D eigenvalue weighted by atomic mass is 10.2. The number of carbonyl (C=O) groups is 2. The van der Waals surface area contributed by atoms with E-state index in [1.807, 2.05) is 0 Å². The second-order valence-corrected chi connectivity index (χ2v) is 6.15. The molecule has 0 radical (unpaired) electrons. The average molecular weight is 342 g/mol. The van der Waals surface area contributed by atoms with Crippen LogP contribution in [0.1, 0.15) is 36.2 Å². The van der Waals surface area contributed by atoms with Crippen LogP contribution in [-0.4, -0.2) is 41.5 Å². The Morgan fingerprint density at radius 2 is 1.60 bits per heavy atom. The molecule has 0 aliphatic carbocycles. The Bertz CT molecular complexity index is 690. The molecule has 1 aliphatic heterocycles. The number of benzene rings is 1. The fourth-order valence-corrected chi connectivity index (χ4v) is 2.86. The molecule has 2 N–H and O–H groups in total. The lowest BCUT2D eigenvalue weighted by molar-refractivity contribution is -0.117. The maximum atomic E-state index is 12.2. The molecule has 1 fully saturated rings. The van der Waals surface area contributed by atoms with Crippen LogP contribution in [0.25, 0.3) is 0 Å². The lowest BCUT2D eigenvalue weighted by Crippen LogP contribution is -2.33. The quantitative estimate of drug-likeness (QED) is 0.872. The van der Waals surface area contributed by atoms with Crippen molar-refractivity contribution in [3.05, 3.63) is 42.3 Å². The largest absolute Gasteiger partial charge is 0.364 e. The average Bonchev–Trinajstić information content (AvgIpc) is 3.03. The van der Waals surface area contributed by atoms with E-state index in [1.54, 1.807) is 24.3 Å². The van der Waals surface area contributed by atoms with Crippen molar-refractivity contribution in [2.45, 2.75) is 25.7 Å². The third-order valence-corrected chi connectivity index (χ3v) is 4.16. The van der Waals surface area contributed by atoms with Crippen LogP contribution in [0, 0.1) is 0 Å². The number of rotatable bonds is 5. The molecular weight excluding hydrogens is 320 g/mol. The Balaban J connectivity index is 1.50. The van der Waals surface area contributed by atoms with Gasteiger partial charge < -0.3 is 15.2 Å². The Labute approximate surface area is 146 Å². The summed E-state index contributed by atoms with van der Waals surface area (Å²) in [6.45, 7) is 2.39. The van der Waals surface area contributed by atoms with Gasteiger partial charge in [-0.25, -0.2) is 0 Å². The minimum absolute atomic E-state index is 0.0127. The molecule has 0 bridgehead atoms. The first-order valence-electron chi connectivity index (χ1n) is 8.55. The number of hydrogen-bond acceptors (Lipinski definition) is 5. The van der Waals surface area contributed by atoms with Crippen molar-refractivity contribution in [2.75, 3.05) is 30.3 Å². The van der Waals surface area contributed by atoms with Gasteiger partial charge in [-0.1, -0.05) is 18.0 Å². The second-order valence-electron chi connectivity index (χ2n) is 6.15. The summed E-state index contributed by atoms with van der Waals surface area (Å²) < 4.78 is 4.64. The van der Waals surface area contributed by atoms with Crippen LogP contribution >= 0.6 is 0 Å². The van der Waals surface area contributed by atoms with Crippen molar-refractivity contribution >= 4 is 23.2 Å². The molecule has 0 spiro atoms. The van der Waals surface area contributed by atoms with Crippen LogP contribution in [0.2, 0.25) is 0 Å². The van der Waals surface area contributed by atoms with E-state index in [-0.39, 0.29) is 17.5 Å². The number of likely N-dealkylation sites (tertiary alicyclic amines) is 1. The van der Waals surface area contributed by atoms with Gasteiger partial charge in [0.2, 0.25) is 5.91 Å². The van der Waals surface area contributed by atoms with Gasteiger partial charge >= 0.3 is 0 Å². The Morgan fingerprint density at radius 3 is 2.20 bits per heavy atom. The van der Waals surface area contributed by atoms with Crippen LogP contribution in [0.15, 0.2) is 41.1 Å². The van der Waals surface area contributed by atoms with Gasteiger partial charge in [-0.2, -0.15) is 0 Å². The Hall–Kier alpha value is -2.67. The smallest absolute Gasteiger partial charge is 0.277 e. The maximum Gasteiger partial charge on any atom is 0.277 e. The van der Waals surface area contributed by atoms with Crippen LogP contribution in [0.3, 0.4) is 0 Å². The zero-order chi connectivity index (χ0) is 17.5. The zero-order valence-corrected chi connectivity index (χ0v) is 14.0. The molecule has 132 valence electrons. The first-order chi connectivity index (χ1) is 12.2. The third-order valence-electron chi connectivity index (χ3n) is 4.16. The van der Waals surface area contributed by atoms with Gasteiger partial charge in [0, 0.05) is 17.4 Å². The first kappa shape index (κ1) is 17.2. The van der Waals surface area contributed by atoms with Gasteiger partial charge in [-0.05, 0) is 50.2 Å². The zero-order valence-electron chi connectivity index (χ0n) is 14.0. The summed E-state index contributed by atoms with van der Waals surface area (Å²) in [5.41, 5.74) is 1.55. The summed E-state index contributed by atoms with van der Waals surface area (Å²) in [7, 11) is 0. The van der Waals surface area contributed by atoms with Crippen molar-refractivity contribution in [1.82, 2.24) is 10.1 Å². The molecule has 1 aromatic carbocycles. The van der Waals surface area contributed by atoms with Gasteiger partial charge in [0.1, 0.15) is 6.26 Å². The summed E-state index contributed by atoms with van der Waals surface area (Å²) in [6, 6.07) is 8.49. The highest BCUT2D eigenvalue weighted by atomic mass is 16.5. The molecule has 0 saturated carbocycles. The van der Waals surface area contributed by atoms with Crippen molar-refractivity contribution in [2.24, 2.45) is 0 Å². The van der Waals surface area contributed by atoms with E-state index in [2.05, 4.69) is 25.2 Å². The highest BCUT2D eigenvalue weighted by Crippen LogP contribution is 2.15. The van der Waals surface area contributed by atoms with E-state index < -0.39 is 0 Å². The molecule has 2 aromatic rings. The van der Waals surface area contributed by atoms with E-state index in [0.717, 1.165) is 25.9 Å². The highest BCUT2D eigenvalue weighted by molar-refractivity contribution is 6.02. The van der Waals surface area contributed by atoms with Gasteiger partial charge in [-0.15, -0.1) is 0 Å². The first-order valence-corrected chi connectivity index (χ1v) is 8.55. The van der Waals surface area contributed by atoms with Gasteiger partial charge in [-0.3, -0.25) is 14.5 Å². The fraction of sp³-hybridized carbons (Fsp3) is 0.389. The maximum absolute atomic E-state index is 12.2. The Morgan fingerprint density at radius 1 is 0.960 bits per heavy atom. The minimum atomic E-state index is -0.341. The molecule has 25 heavy (non-hydrogen) atoms. The van der Waals surface area contributed by atoms with Crippen molar-refractivity contribution in [1.29, 1.82) is 0 Å². The van der Waals surface area contributed by atoms with Crippen LogP contribution < -0.4 is 10.6 Å². The van der Waals surface area contributed by atoms with E-state index in [0.29, 0.717) is 17.9 Å². The molecule has 1 saturated heterocycles. The Kier molecular flexibility index (Phi) is 5.79. The summed E-state index contributed by atoms with van der Waals surface area (Å²) >= 11 is 0. The van der Waals surface area contributed by atoms with Crippen molar-refractivity contribution < 1.29 is 14.1 Å². The van der Waals surface area contributed by atoms with Crippen LogP contribution in [0.5, 0.6) is 0 Å². The monoisotopic (exact) mass is 342 g/mol. The lowest BCUT2D eigenvalue weighted by Gasteiger charge is -2.19. The molecule has 7 heteroatoms. The molecule has 0 atom stereocenters. The molecule has 0 unspecified atom stereocenters. The molecule has 2 heterocycles. The molecule has 7 nitrogen and oxygen atoms in total. The highest BCUT2D eigenvalue weighted by Gasteiger charge is 2.13. The van der Waals surface area contributed by atoms with E-state index in [4.69, 9.17) is 0 Å². The van der Waals surface area contributed by atoms with E-state index >= 15 is 0 Å². The van der Waals surface area contributed by atoms with Gasteiger partial charge in [0.05, 0.1) is 6.54 Å². The van der Waals surface area contributed by atoms with Crippen molar-refractivity contribution in [3.8, 4) is 0 Å². The van der Waals surface area contributed by atoms with Crippen LogP contribution in [-0.2, 0) is 4.79 Å². The summed E-state index contributed by atoms with van der Waals surface area (Å²) in [6.07, 6.45) is 6.16. The van der Waals surface area contributed by atoms with Crippen LogP contribution in [0.4, 0.5) is 11.4 Å². The number of anilines is 2. The SMILES string of the molecule is O=C(CN1CCCCCC1)Nc1ccc(NC(=O)c2ccon2)cc1. The van der Waals surface area contributed by atoms with Gasteiger partial charge in [0.25, 0.3) is 5.91 Å². The predicted octanol–water partition coefficient (Wildman–Crippen LogP) is 2.74. The second kappa shape index (κ2) is 8.43. The molecular formula is C18H22N4O3. The van der Waals surface area contributed by atoms with E-state index in [1.165, 1.54) is 25.2 Å². The molecule has 2 amide bonds. The number of nitrogens with zero attached hydrogens (tertiary/aromatic N) is 2. The fourth-order valence-electron chi connectivity index (χ4n) is 2.86. The molecule has 1 aliphatic rings. The number of aromatic nitrogens is 1. The number of nitrogens with one attached hydrogen (secondary N) is 2. The summed E-state index contributed by atoms with van der Waals surface area (Å²) in [4.78, 5) is 26.3. The van der Waals surface area contributed by atoms with Gasteiger partial charge in [0.15, 0.2) is 5.69 Å². The standard InChI is InChI=1S/C18H22N4O3/c23-17(13-22-10-3-1-2-4-11-22)19-14-5-7-15(8-6-14)20-18(24)16-9-12-25-21-16/h5-9,12H,1-4,10-11,13H2,(H,19,23)(H,20,24). The number of carbonyl (C=O) groups excluding carboxylic acids is 2. The third kappa shape index (κ3) is 5.15. The summed E-state index contributed by atoms with van der Waals surface area (Å²) in [5.74, 6) is -0.354. The topological polar surface area (TPSA) is 87.5 Å².